The van der Waals surface area contributed by atoms with Gasteiger partial charge in [0.15, 0.2) is 0 Å². The highest BCUT2D eigenvalue weighted by Gasteiger charge is 2.44. The summed E-state index contributed by atoms with van der Waals surface area (Å²) in [7, 11) is 1.33. The lowest BCUT2D eigenvalue weighted by Gasteiger charge is -2.41. The monoisotopic (exact) mass is 344 g/mol. The van der Waals surface area contributed by atoms with E-state index in [-0.39, 0.29) is 0 Å². The van der Waals surface area contributed by atoms with Crippen LogP contribution in [0.2, 0.25) is 0 Å². The fourth-order valence-electron chi connectivity index (χ4n) is 2.60. The van der Waals surface area contributed by atoms with Crippen molar-refractivity contribution < 1.29 is 13.9 Å². The first kappa shape index (κ1) is 15.4. The second kappa shape index (κ2) is 6.20. The summed E-state index contributed by atoms with van der Waals surface area (Å²) in [6, 6.07) is 4.75. The molecule has 1 aliphatic heterocycles. The second-order valence-corrected chi connectivity index (χ2v) is 5.84. The van der Waals surface area contributed by atoms with E-state index in [4.69, 9.17) is 4.74 Å². The van der Waals surface area contributed by atoms with Gasteiger partial charge >= 0.3 is 5.97 Å². The topological polar surface area (TPSA) is 41.6 Å². The molecule has 4 nitrogen and oxygen atoms in total. The van der Waals surface area contributed by atoms with E-state index >= 15 is 0 Å². The van der Waals surface area contributed by atoms with Gasteiger partial charge in [-0.15, -0.1) is 0 Å². The summed E-state index contributed by atoms with van der Waals surface area (Å²) in [6.45, 7) is 4.59. The highest BCUT2D eigenvalue weighted by molar-refractivity contribution is 9.10. The lowest BCUT2D eigenvalue weighted by molar-refractivity contribution is -0.156. The predicted octanol–water partition coefficient (Wildman–Crippen LogP) is 1.88. The second-order valence-electron chi connectivity index (χ2n) is 4.93. The van der Waals surface area contributed by atoms with E-state index in [1.165, 1.54) is 13.2 Å². The predicted molar refractivity (Wildman–Crippen MR) is 77.9 cm³/mol. The van der Waals surface area contributed by atoms with Crippen molar-refractivity contribution >= 4 is 21.9 Å². The molecule has 1 unspecified atom stereocenters. The molecule has 0 amide bonds. The van der Waals surface area contributed by atoms with Gasteiger partial charge in [-0.05, 0) is 19.1 Å². The van der Waals surface area contributed by atoms with Crippen molar-refractivity contribution in [2.24, 2.45) is 0 Å². The summed E-state index contributed by atoms with van der Waals surface area (Å²) in [4.78, 5) is 14.3. The molecule has 1 aliphatic rings. The third-order valence-electron chi connectivity index (χ3n) is 3.79. The van der Waals surface area contributed by atoms with Crippen LogP contribution in [0.5, 0.6) is 0 Å². The maximum Gasteiger partial charge on any atom is 0.330 e. The van der Waals surface area contributed by atoms with Crippen molar-refractivity contribution in [2.75, 3.05) is 33.3 Å². The van der Waals surface area contributed by atoms with Crippen LogP contribution in [0.25, 0.3) is 0 Å². The zero-order chi connectivity index (χ0) is 14.8. The average molecular weight is 345 g/mol. The van der Waals surface area contributed by atoms with Crippen LogP contribution in [-0.4, -0.2) is 44.2 Å². The van der Waals surface area contributed by atoms with Gasteiger partial charge in [0.1, 0.15) is 11.4 Å². The standard InChI is InChI=1S/C14H18BrFN2O2/c1-14(13(19)20-2,18-7-5-17-6-8-18)11-4-3-10(15)9-12(11)16/h3-4,9,17H,5-8H2,1-2H3. The smallest absolute Gasteiger partial charge is 0.330 e. The fourth-order valence-corrected chi connectivity index (χ4v) is 2.94. The Bertz CT molecular complexity index is 506. The fraction of sp³-hybridized carbons (Fsp3) is 0.500. The number of carbonyl (C=O) groups excluding carboxylic acids is 1. The number of esters is 1. The van der Waals surface area contributed by atoms with Gasteiger partial charge < -0.3 is 10.1 Å². The summed E-state index contributed by atoms with van der Waals surface area (Å²) in [5.74, 6) is -0.855. The van der Waals surface area contributed by atoms with Gasteiger partial charge in [0, 0.05) is 36.2 Å². The highest BCUT2D eigenvalue weighted by atomic mass is 79.9. The van der Waals surface area contributed by atoms with Crippen molar-refractivity contribution in [3.8, 4) is 0 Å². The van der Waals surface area contributed by atoms with Gasteiger partial charge in [-0.2, -0.15) is 0 Å². The van der Waals surface area contributed by atoms with Gasteiger partial charge in [-0.25, -0.2) is 9.18 Å². The Morgan fingerprint density at radius 3 is 2.65 bits per heavy atom. The Labute approximate surface area is 126 Å². The first-order valence-electron chi connectivity index (χ1n) is 6.50. The van der Waals surface area contributed by atoms with E-state index in [1.807, 2.05) is 4.90 Å². The zero-order valence-electron chi connectivity index (χ0n) is 11.6. The number of ether oxygens (including phenoxy) is 1. The Kier molecular flexibility index (Phi) is 4.78. The van der Waals surface area contributed by atoms with Gasteiger partial charge in [-0.3, -0.25) is 4.90 Å². The number of halogens is 2. The first-order chi connectivity index (χ1) is 9.50. The van der Waals surface area contributed by atoms with Crippen molar-refractivity contribution in [3.05, 3.63) is 34.1 Å². The average Bonchev–Trinajstić information content (AvgIpc) is 2.46. The van der Waals surface area contributed by atoms with Crippen LogP contribution < -0.4 is 5.32 Å². The number of piperazine rings is 1. The number of hydrogen-bond acceptors (Lipinski definition) is 4. The Morgan fingerprint density at radius 2 is 2.10 bits per heavy atom. The van der Waals surface area contributed by atoms with Crippen LogP contribution in [0.15, 0.2) is 22.7 Å². The molecule has 1 atom stereocenters. The summed E-state index contributed by atoms with van der Waals surface area (Å²) in [6.07, 6.45) is 0. The number of nitrogens with one attached hydrogen (secondary N) is 1. The van der Waals surface area contributed by atoms with Crippen molar-refractivity contribution in [1.82, 2.24) is 10.2 Å². The maximum atomic E-state index is 14.3. The van der Waals surface area contributed by atoms with Crippen molar-refractivity contribution in [3.63, 3.8) is 0 Å². The third kappa shape index (κ3) is 2.73. The molecule has 0 spiro atoms. The van der Waals surface area contributed by atoms with Crippen LogP contribution in [0.3, 0.4) is 0 Å². The molecule has 110 valence electrons. The lowest BCUT2D eigenvalue weighted by atomic mass is 9.89. The molecule has 6 heteroatoms. The number of benzene rings is 1. The number of methoxy groups -OCH3 is 1. The molecule has 1 N–H and O–H groups in total. The summed E-state index contributed by atoms with van der Waals surface area (Å²) >= 11 is 3.23. The number of hydrogen-bond donors (Lipinski definition) is 1. The number of nitrogens with zero attached hydrogens (tertiary/aromatic N) is 1. The van der Waals surface area contributed by atoms with Gasteiger partial charge in [0.05, 0.1) is 7.11 Å². The molecular weight excluding hydrogens is 327 g/mol. The Morgan fingerprint density at radius 1 is 1.45 bits per heavy atom. The summed E-state index contributed by atoms with van der Waals surface area (Å²) in [5.41, 5.74) is -0.767. The molecule has 0 saturated carbocycles. The van der Waals surface area contributed by atoms with Gasteiger partial charge in [0.25, 0.3) is 0 Å². The van der Waals surface area contributed by atoms with Gasteiger partial charge in [-0.1, -0.05) is 22.0 Å². The first-order valence-corrected chi connectivity index (χ1v) is 7.29. The van der Waals surface area contributed by atoms with E-state index in [1.54, 1.807) is 19.1 Å². The van der Waals surface area contributed by atoms with Crippen LogP contribution in [0, 0.1) is 5.82 Å². The van der Waals surface area contributed by atoms with Crippen molar-refractivity contribution in [2.45, 2.75) is 12.5 Å². The molecule has 1 saturated heterocycles. The molecule has 1 aromatic carbocycles. The van der Waals surface area contributed by atoms with E-state index in [9.17, 15) is 9.18 Å². The van der Waals surface area contributed by atoms with E-state index in [2.05, 4.69) is 21.2 Å². The van der Waals surface area contributed by atoms with Gasteiger partial charge in [0.2, 0.25) is 0 Å². The minimum absolute atomic E-state index is 0.342. The number of rotatable bonds is 3. The van der Waals surface area contributed by atoms with Crippen LogP contribution >= 0.6 is 15.9 Å². The minimum atomic E-state index is -1.11. The highest BCUT2D eigenvalue weighted by Crippen LogP contribution is 2.33. The van der Waals surface area contributed by atoms with Crippen LogP contribution in [0.4, 0.5) is 4.39 Å². The maximum absolute atomic E-state index is 14.3. The van der Waals surface area contributed by atoms with Crippen LogP contribution in [-0.2, 0) is 15.1 Å². The Balaban J connectivity index is 2.47. The third-order valence-corrected chi connectivity index (χ3v) is 4.28. The molecule has 0 aromatic heterocycles. The van der Waals surface area contributed by atoms with Crippen molar-refractivity contribution in [1.29, 1.82) is 0 Å². The Hall–Kier alpha value is -0.980. The molecule has 1 fully saturated rings. The molecule has 0 bridgehead atoms. The zero-order valence-corrected chi connectivity index (χ0v) is 13.2. The largest absolute Gasteiger partial charge is 0.467 e. The minimum Gasteiger partial charge on any atom is -0.467 e. The normalized spacial score (nSPS) is 19.4. The molecule has 0 radical (unpaired) electrons. The summed E-state index contributed by atoms with van der Waals surface area (Å²) < 4.78 is 19.9. The SMILES string of the molecule is COC(=O)C(C)(c1ccc(Br)cc1F)N1CCNCC1. The van der Waals surface area contributed by atoms with E-state index < -0.39 is 17.3 Å². The van der Waals surface area contributed by atoms with E-state index in [0.29, 0.717) is 23.1 Å². The molecule has 1 heterocycles. The molecule has 0 aliphatic carbocycles. The molecule has 20 heavy (non-hydrogen) atoms. The molecule has 1 aromatic rings. The van der Waals surface area contributed by atoms with E-state index in [0.717, 1.165) is 13.1 Å². The molecular formula is C14H18BrFN2O2. The molecule has 2 rings (SSSR count). The van der Waals surface area contributed by atoms with Crippen LogP contribution in [0.1, 0.15) is 12.5 Å². The summed E-state index contributed by atoms with van der Waals surface area (Å²) in [5, 5.41) is 3.22. The number of carbonyl (C=O) groups is 1. The lowest BCUT2D eigenvalue weighted by Crippen LogP contribution is -2.57. The quantitative estimate of drug-likeness (QED) is 0.850.